The molecule has 0 aliphatic heterocycles. The molecule has 0 atom stereocenters. The van der Waals surface area contributed by atoms with E-state index in [-0.39, 0.29) is 24.8 Å². The molecule has 0 unspecified atom stereocenters. The highest BCUT2D eigenvalue weighted by Gasteiger charge is 2.22. The van der Waals surface area contributed by atoms with Gasteiger partial charge < -0.3 is 14.4 Å². The Kier molecular flexibility index (Phi) is 5.54. The number of carboxylic acid groups (broad SMARTS) is 1. The van der Waals surface area contributed by atoms with Crippen molar-refractivity contribution in [2.45, 2.75) is 20.3 Å². The number of fused-ring (bicyclic) bond motifs is 1. The lowest BCUT2D eigenvalue weighted by Gasteiger charge is -2.25. The molecule has 0 spiro atoms. The standard InChI is InChI=1S/C21H22N2O4/c1-14(2)13-23(10-9-20(24)25)21(26)16-12-18(19-8-5-11-27-19)22-17-7-4-3-6-15(16)17/h3-8,11-12,14H,9-10,13H2,1-2H3,(H,24,25). The van der Waals surface area contributed by atoms with Crippen molar-refractivity contribution in [1.29, 1.82) is 0 Å². The number of rotatable bonds is 7. The van der Waals surface area contributed by atoms with Gasteiger partial charge in [0.15, 0.2) is 5.76 Å². The Morgan fingerprint density at radius 2 is 1.96 bits per heavy atom. The molecule has 2 heterocycles. The summed E-state index contributed by atoms with van der Waals surface area (Å²) in [4.78, 5) is 30.5. The molecule has 0 aliphatic carbocycles. The Labute approximate surface area is 157 Å². The summed E-state index contributed by atoms with van der Waals surface area (Å²) in [5.74, 6) is -0.320. The van der Waals surface area contributed by atoms with E-state index in [9.17, 15) is 9.59 Å². The maximum absolute atomic E-state index is 13.3. The monoisotopic (exact) mass is 366 g/mol. The number of benzene rings is 1. The minimum atomic E-state index is -0.924. The van der Waals surface area contributed by atoms with Gasteiger partial charge in [-0.15, -0.1) is 0 Å². The maximum atomic E-state index is 13.3. The minimum absolute atomic E-state index is 0.0908. The van der Waals surface area contributed by atoms with Crippen molar-refractivity contribution in [1.82, 2.24) is 9.88 Å². The molecular formula is C21H22N2O4. The number of hydrogen-bond acceptors (Lipinski definition) is 4. The molecule has 1 amide bonds. The molecule has 0 bridgehead atoms. The molecule has 0 saturated heterocycles. The largest absolute Gasteiger partial charge is 0.481 e. The SMILES string of the molecule is CC(C)CN(CCC(=O)O)C(=O)c1cc(-c2ccco2)nc2ccccc12. The molecule has 6 nitrogen and oxygen atoms in total. The first-order valence-corrected chi connectivity index (χ1v) is 8.90. The Hall–Kier alpha value is -3.15. The Balaban J connectivity index is 2.06. The number of nitrogens with zero attached hydrogens (tertiary/aromatic N) is 2. The fourth-order valence-corrected chi connectivity index (χ4v) is 3.02. The minimum Gasteiger partial charge on any atom is -0.481 e. The van der Waals surface area contributed by atoms with Crippen molar-refractivity contribution in [2.24, 2.45) is 5.92 Å². The van der Waals surface area contributed by atoms with Crippen LogP contribution in [0, 0.1) is 5.92 Å². The van der Waals surface area contributed by atoms with Crippen molar-refractivity contribution in [2.75, 3.05) is 13.1 Å². The van der Waals surface area contributed by atoms with Crippen molar-refractivity contribution in [3.63, 3.8) is 0 Å². The molecule has 0 saturated carbocycles. The molecule has 6 heteroatoms. The van der Waals surface area contributed by atoms with Gasteiger partial charge in [-0.3, -0.25) is 9.59 Å². The Morgan fingerprint density at radius 1 is 1.19 bits per heavy atom. The van der Waals surface area contributed by atoms with E-state index in [0.717, 1.165) is 5.39 Å². The van der Waals surface area contributed by atoms with E-state index in [0.29, 0.717) is 29.1 Å². The summed E-state index contributed by atoms with van der Waals surface area (Å²) in [6.45, 7) is 4.65. The molecule has 0 radical (unpaired) electrons. The van der Waals surface area contributed by atoms with Crippen LogP contribution in [0.4, 0.5) is 0 Å². The van der Waals surface area contributed by atoms with Crippen molar-refractivity contribution in [3.05, 3.63) is 54.3 Å². The van der Waals surface area contributed by atoms with E-state index in [1.165, 1.54) is 0 Å². The van der Waals surface area contributed by atoms with Gasteiger partial charge in [0.25, 0.3) is 5.91 Å². The van der Waals surface area contributed by atoms with Gasteiger partial charge in [-0.2, -0.15) is 0 Å². The molecular weight excluding hydrogens is 344 g/mol. The van der Waals surface area contributed by atoms with Gasteiger partial charge in [0.2, 0.25) is 0 Å². The van der Waals surface area contributed by atoms with Gasteiger partial charge in [0.1, 0.15) is 5.69 Å². The topological polar surface area (TPSA) is 83.6 Å². The number of aromatic nitrogens is 1. The summed E-state index contributed by atoms with van der Waals surface area (Å²) in [6.07, 6.45) is 1.47. The fraction of sp³-hybridized carbons (Fsp3) is 0.286. The number of aliphatic carboxylic acids is 1. The molecule has 140 valence electrons. The van der Waals surface area contributed by atoms with Crippen LogP contribution in [0.2, 0.25) is 0 Å². The summed E-state index contributed by atoms with van der Waals surface area (Å²) in [7, 11) is 0. The van der Waals surface area contributed by atoms with E-state index in [2.05, 4.69) is 4.98 Å². The smallest absolute Gasteiger partial charge is 0.305 e. The summed E-state index contributed by atoms with van der Waals surface area (Å²) in [5, 5.41) is 9.77. The number of carboxylic acids is 1. The van der Waals surface area contributed by atoms with E-state index in [1.807, 2.05) is 38.1 Å². The van der Waals surface area contributed by atoms with Crippen LogP contribution in [0.15, 0.2) is 53.1 Å². The average Bonchev–Trinajstić information content (AvgIpc) is 3.18. The van der Waals surface area contributed by atoms with Gasteiger partial charge in [-0.1, -0.05) is 32.0 Å². The predicted molar refractivity (Wildman–Crippen MR) is 102 cm³/mol. The quantitative estimate of drug-likeness (QED) is 0.681. The first kappa shape index (κ1) is 18.6. The van der Waals surface area contributed by atoms with Gasteiger partial charge in [-0.05, 0) is 30.2 Å². The molecule has 0 aliphatic rings. The van der Waals surface area contributed by atoms with Crippen LogP contribution in [0.3, 0.4) is 0 Å². The molecule has 1 N–H and O–H groups in total. The number of furan rings is 1. The van der Waals surface area contributed by atoms with Gasteiger partial charge in [0.05, 0.1) is 23.8 Å². The molecule has 27 heavy (non-hydrogen) atoms. The van der Waals surface area contributed by atoms with Crippen LogP contribution in [-0.2, 0) is 4.79 Å². The van der Waals surface area contributed by atoms with E-state index in [1.54, 1.807) is 29.4 Å². The first-order valence-electron chi connectivity index (χ1n) is 8.90. The van der Waals surface area contributed by atoms with Gasteiger partial charge in [0, 0.05) is 18.5 Å². The van der Waals surface area contributed by atoms with Gasteiger partial charge >= 0.3 is 5.97 Å². The summed E-state index contributed by atoms with van der Waals surface area (Å²) >= 11 is 0. The molecule has 3 aromatic rings. The van der Waals surface area contributed by atoms with Crippen LogP contribution in [0.25, 0.3) is 22.4 Å². The zero-order chi connectivity index (χ0) is 19.4. The lowest BCUT2D eigenvalue weighted by Crippen LogP contribution is -2.36. The third-order valence-electron chi connectivity index (χ3n) is 4.19. The molecule has 3 rings (SSSR count). The Bertz CT molecular complexity index is 948. The number of para-hydroxylation sites is 1. The van der Waals surface area contributed by atoms with Crippen LogP contribution in [-0.4, -0.2) is 40.0 Å². The second-order valence-corrected chi connectivity index (χ2v) is 6.84. The third kappa shape index (κ3) is 4.34. The maximum Gasteiger partial charge on any atom is 0.305 e. The van der Waals surface area contributed by atoms with E-state index >= 15 is 0 Å². The highest BCUT2D eigenvalue weighted by molar-refractivity contribution is 6.07. The molecule has 2 aromatic heterocycles. The summed E-state index contributed by atoms with van der Waals surface area (Å²) in [5.41, 5.74) is 1.76. The number of hydrogen-bond donors (Lipinski definition) is 1. The second-order valence-electron chi connectivity index (χ2n) is 6.84. The van der Waals surface area contributed by atoms with Crippen LogP contribution >= 0.6 is 0 Å². The fourth-order valence-electron chi connectivity index (χ4n) is 3.02. The van der Waals surface area contributed by atoms with Gasteiger partial charge in [-0.25, -0.2) is 4.98 Å². The van der Waals surface area contributed by atoms with Crippen molar-refractivity contribution >= 4 is 22.8 Å². The summed E-state index contributed by atoms with van der Waals surface area (Å²) < 4.78 is 5.44. The zero-order valence-corrected chi connectivity index (χ0v) is 15.4. The highest BCUT2D eigenvalue weighted by Crippen LogP contribution is 2.26. The number of carbonyl (C=O) groups excluding carboxylic acids is 1. The van der Waals surface area contributed by atoms with Crippen LogP contribution < -0.4 is 0 Å². The molecule has 1 aromatic carbocycles. The van der Waals surface area contributed by atoms with Crippen molar-refractivity contribution in [3.8, 4) is 11.5 Å². The zero-order valence-electron chi connectivity index (χ0n) is 15.4. The average molecular weight is 366 g/mol. The lowest BCUT2D eigenvalue weighted by atomic mass is 10.0. The molecule has 0 fully saturated rings. The summed E-state index contributed by atoms with van der Waals surface area (Å²) in [6, 6.07) is 12.7. The van der Waals surface area contributed by atoms with Crippen LogP contribution in [0.5, 0.6) is 0 Å². The number of pyridine rings is 1. The lowest BCUT2D eigenvalue weighted by molar-refractivity contribution is -0.137. The Morgan fingerprint density at radius 3 is 2.63 bits per heavy atom. The van der Waals surface area contributed by atoms with Crippen molar-refractivity contribution < 1.29 is 19.1 Å². The van der Waals surface area contributed by atoms with Crippen LogP contribution in [0.1, 0.15) is 30.6 Å². The predicted octanol–water partition coefficient (Wildman–Crippen LogP) is 4.07. The third-order valence-corrected chi connectivity index (χ3v) is 4.19. The number of amides is 1. The first-order chi connectivity index (χ1) is 13.0. The van der Waals surface area contributed by atoms with E-state index in [4.69, 9.17) is 9.52 Å². The highest BCUT2D eigenvalue weighted by atomic mass is 16.4. The van der Waals surface area contributed by atoms with E-state index < -0.39 is 5.97 Å². The number of carbonyl (C=O) groups is 2. The second kappa shape index (κ2) is 8.03. The normalized spacial score (nSPS) is 11.1.